The Balaban J connectivity index is 1.61. The molecule has 0 radical (unpaired) electrons. The second-order valence-electron chi connectivity index (χ2n) is 7.16. The highest BCUT2D eigenvalue weighted by atomic mass is 16.5. The van der Waals surface area contributed by atoms with E-state index in [1.807, 2.05) is 0 Å². The van der Waals surface area contributed by atoms with Gasteiger partial charge in [0.1, 0.15) is 0 Å². The lowest BCUT2D eigenvalue weighted by atomic mass is 9.86. The van der Waals surface area contributed by atoms with Gasteiger partial charge in [0.05, 0.1) is 6.61 Å². The molecule has 0 spiro atoms. The van der Waals surface area contributed by atoms with E-state index in [1.165, 1.54) is 45.3 Å². The van der Waals surface area contributed by atoms with Gasteiger partial charge in [0.15, 0.2) is 0 Å². The molecule has 3 heterocycles. The molecule has 0 amide bonds. The van der Waals surface area contributed by atoms with E-state index in [-0.39, 0.29) is 0 Å². The van der Waals surface area contributed by atoms with Crippen LogP contribution in [0, 0.1) is 5.41 Å². The molecule has 0 aromatic carbocycles. The number of nitrogens with zero attached hydrogens (tertiary/aromatic N) is 2. The Bertz CT molecular complexity index is 317. The smallest absolute Gasteiger partial charge is 0.0547 e. The Morgan fingerprint density at radius 1 is 1.25 bits per heavy atom. The Hall–Kier alpha value is -0.160. The lowest BCUT2D eigenvalue weighted by molar-refractivity contribution is 0.103. The van der Waals surface area contributed by atoms with Gasteiger partial charge in [-0.05, 0) is 45.8 Å². The lowest BCUT2D eigenvalue weighted by Gasteiger charge is -2.35. The fraction of sp³-hybridized carbons (Fsp3) is 1.00. The fourth-order valence-electron chi connectivity index (χ4n) is 4.36. The monoisotopic (exact) mass is 281 g/mol. The molecule has 0 aliphatic carbocycles. The van der Waals surface area contributed by atoms with E-state index in [4.69, 9.17) is 4.74 Å². The first-order valence-electron chi connectivity index (χ1n) is 8.45. The van der Waals surface area contributed by atoms with Crippen LogP contribution in [0.5, 0.6) is 0 Å². The first-order valence-corrected chi connectivity index (χ1v) is 8.45. The molecule has 20 heavy (non-hydrogen) atoms. The second-order valence-corrected chi connectivity index (χ2v) is 7.16. The van der Waals surface area contributed by atoms with Crippen molar-refractivity contribution in [1.82, 2.24) is 15.1 Å². The summed E-state index contributed by atoms with van der Waals surface area (Å²) in [7, 11) is 2.33. The van der Waals surface area contributed by atoms with Crippen molar-refractivity contribution in [1.29, 1.82) is 0 Å². The first-order chi connectivity index (χ1) is 9.72. The van der Waals surface area contributed by atoms with Crippen molar-refractivity contribution in [2.45, 2.75) is 44.7 Å². The van der Waals surface area contributed by atoms with E-state index >= 15 is 0 Å². The van der Waals surface area contributed by atoms with Gasteiger partial charge in [-0.25, -0.2) is 0 Å². The Morgan fingerprint density at radius 2 is 2.10 bits per heavy atom. The van der Waals surface area contributed by atoms with Crippen molar-refractivity contribution in [2.75, 3.05) is 53.0 Å². The summed E-state index contributed by atoms with van der Waals surface area (Å²) >= 11 is 0. The molecular formula is C16H31N3O. The summed E-state index contributed by atoms with van der Waals surface area (Å²) < 4.78 is 5.74. The van der Waals surface area contributed by atoms with Crippen molar-refractivity contribution in [3.05, 3.63) is 0 Å². The third kappa shape index (κ3) is 3.03. The normalized spacial score (nSPS) is 39.3. The Morgan fingerprint density at radius 3 is 2.85 bits per heavy atom. The quantitative estimate of drug-likeness (QED) is 0.819. The average molecular weight is 281 g/mol. The van der Waals surface area contributed by atoms with Gasteiger partial charge in [0.2, 0.25) is 0 Å². The molecule has 3 unspecified atom stereocenters. The summed E-state index contributed by atoms with van der Waals surface area (Å²) in [6, 6.07) is 1.63. The van der Waals surface area contributed by atoms with Crippen molar-refractivity contribution >= 4 is 0 Å². The van der Waals surface area contributed by atoms with E-state index < -0.39 is 0 Å². The summed E-state index contributed by atoms with van der Waals surface area (Å²) in [6.07, 6.45) is 5.39. The van der Waals surface area contributed by atoms with Crippen molar-refractivity contribution in [3.8, 4) is 0 Å². The maximum atomic E-state index is 5.74. The highest BCUT2D eigenvalue weighted by molar-refractivity contribution is 4.94. The molecule has 3 atom stereocenters. The van der Waals surface area contributed by atoms with Crippen LogP contribution in [0.2, 0.25) is 0 Å². The number of hydrogen-bond acceptors (Lipinski definition) is 4. The van der Waals surface area contributed by atoms with Gasteiger partial charge in [-0.3, -0.25) is 4.90 Å². The Kier molecular flexibility index (Phi) is 4.65. The van der Waals surface area contributed by atoms with Gasteiger partial charge < -0.3 is 15.0 Å². The largest absolute Gasteiger partial charge is 0.381 e. The molecule has 4 nitrogen and oxygen atoms in total. The highest BCUT2D eigenvalue weighted by Crippen LogP contribution is 2.33. The van der Waals surface area contributed by atoms with Crippen LogP contribution in [-0.2, 0) is 4.74 Å². The fourth-order valence-corrected chi connectivity index (χ4v) is 4.36. The van der Waals surface area contributed by atoms with E-state index in [1.54, 1.807) is 0 Å². The SMILES string of the molecule is CCNCC1(CN2CCC3CCC(C2)N3C)CCOC1. The zero-order valence-corrected chi connectivity index (χ0v) is 13.2. The molecule has 0 aromatic heterocycles. The number of hydrogen-bond donors (Lipinski definition) is 1. The summed E-state index contributed by atoms with van der Waals surface area (Å²) in [5.74, 6) is 0. The van der Waals surface area contributed by atoms with Crippen LogP contribution in [0.15, 0.2) is 0 Å². The van der Waals surface area contributed by atoms with Gasteiger partial charge in [-0.1, -0.05) is 6.92 Å². The predicted molar refractivity (Wildman–Crippen MR) is 82.0 cm³/mol. The molecule has 3 rings (SSSR count). The standard InChI is InChI=1S/C16H31N3O/c1-3-17-11-16(7-9-20-13-16)12-19-8-6-14-4-5-15(10-19)18(14)2/h14-15,17H,3-13H2,1-2H3. The molecule has 4 heteroatoms. The maximum Gasteiger partial charge on any atom is 0.0547 e. The molecule has 2 bridgehead atoms. The molecular weight excluding hydrogens is 250 g/mol. The molecule has 0 saturated carbocycles. The molecule has 3 aliphatic heterocycles. The number of nitrogens with one attached hydrogen (secondary N) is 1. The van der Waals surface area contributed by atoms with Crippen molar-refractivity contribution in [2.24, 2.45) is 5.41 Å². The zero-order chi connectivity index (χ0) is 14.0. The topological polar surface area (TPSA) is 27.7 Å². The Labute approximate surface area is 123 Å². The maximum absolute atomic E-state index is 5.74. The summed E-state index contributed by atoms with van der Waals surface area (Å²) in [4.78, 5) is 5.37. The van der Waals surface area contributed by atoms with Crippen LogP contribution in [0.25, 0.3) is 0 Å². The summed E-state index contributed by atoms with van der Waals surface area (Å²) in [5, 5.41) is 3.56. The summed E-state index contributed by atoms with van der Waals surface area (Å²) in [6.45, 7) is 10.0. The van der Waals surface area contributed by atoms with Crippen LogP contribution in [0.4, 0.5) is 0 Å². The predicted octanol–water partition coefficient (Wildman–Crippen LogP) is 1.17. The summed E-state index contributed by atoms with van der Waals surface area (Å²) in [5.41, 5.74) is 0.359. The van der Waals surface area contributed by atoms with Gasteiger partial charge in [-0.15, -0.1) is 0 Å². The molecule has 116 valence electrons. The molecule has 1 N–H and O–H groups in total. The zero-order valence-electron chi connectivity index (χ0n) is 13.2. The van der Waals surface area contributed by atoms with E-state index in [0.29, 0.717) is 5.41 Å². The van der Waals surface area contributed by atoms with E-state index in [0.717, 1.165) is 38.4 Å². The van der Waals surface area contributed by atoms with Gasteiger partial charge in [-0.2, -0.15) is 0 Å². The number of rotatable bonds is 5. The minimum absolute atomic E-state index is 0.359. The van der Waals surface area contributed by atoms with E-state index in [2.05, 4.69) is 29.1 Å². The molecule has 3 saturated heterocycles. The number of ether oxygens (including phenoxy) is 1. The van der Waals surface area contributed by atoms with Crippen LogP contribution in [0.1, 0.15) is 32.6 Å². The van der Waals surface area contributed by atoms with Crippen LogP contribution < -0.4 is 5.32 Å². The van der Waals surface area contributed by atoms with Crippen molar-refractivity contribution < 1.29 is 4.74 Å². The van der Waals surface area contributed by atoms with Crippen LogP contribution in [0.3, 0.4) is 0 Å². The molecule has 3 aliphatic rings. The number of likely N-dealkylation sites (N-methyl/N-ethyl adjacent to an activating group) is 1. The minimum atomic E-state index is 0.359. The molecule has 0 aromatic rings. The number of likely N-dealkylation sites (tertiary alicyclic amines) is 1. The van der Waals surface area contributed by atoms with Crippen molar-refractivity contribution in [3.63, 3.8) is 0 Å². The number of fused-ring (bicyclic) bond motifs is 2. The average Bonchev–Trinajstić information content (AvgIpc) is 2.98. The first kappa shape index (κ1) is 14.8. The van der Waals surface area contributed by atoms with Crippen LogP contribution >= 0.6 is 0 Å². The molecule has 3 fully saturated rings. The lowest BCUT2D eigenvalue weighted by Crippen LogP contribution is -2.47. The van der Waals surface area contributed by atoms with Gasteiger partial charge in [0, 0.05) is 43.7 Å². The minimum Gasteiger partial charge on any atom is -0.381 e. The second kappa shape index (κ2) is 6.30. The van der Waals surface area contributed by atoms with Gasteiger partial charge in [0.25, 0.3) is 0 Å². The van der Waals surface area contributed by atoms with Gasteiger partial charge >= 0.3 is 0 Å². The highest BCUT2D eigenvalue weighted by Gasteiger charge is 2.40. The van der Waals surface area contributed by atoms with Crippen LogP contribution in [-0.4, -0.2) is 74.9 Å². The third-order valence-electron chi connectivity index (χ3n) is 5.73. The third-order valence-corrected chi connectivity index (χ3v) is 5.73. The van der Waals surface area contributed by atoms with E-state index in [9.17, 15) is 0 Å².